The smallest absolute Gasteiger partial charge is 0.185 e. The number of benzene rings is 2. The molecule has 0 unspecified atom stereocenters. The van der Waals surface area contributed by atoms with E-state index >= 15 is 0 Å². The zero-order chi connectivity index (χ0) is 15.5. The number of allylic oxidation sites excluding steroid dienone is 2. The lowest BCUT2D eigenvalue weighted by atomic mass is 10.1. The molecule has 0 aromatic heterocycles. The van der Waals surface area contributed by atoms with Crippen LogP contribution in [0.25, 0.3) is 0 Å². The van der Waals surface area contributed by atoms with Gasteiger partial charge in [0.05, 0.1) is 18.7 Å². The van der Waals surface area contributed by atoms with Gasteiger partial charge >= 0.3 is 0 Å². The van der Waals surface area contributed by atoms with Gasteiger partial charge in [-0.1, -0.05) is 36.4 Å². The Labute approximate surface area is 125 Å². The molecule has 0 heterocycles. The number of hydrogen-bond donors (Lipinski definition) is 0. The highest BCUT2D eigenvalue weighted by atomic mass is 16.5. The number of hydrogen-bond acceptors (Lipinski definition) is 3. The largest absolute Gasteiger partial charge is 0.497 e. The molecule has 3 heteroatoms. The third-order valence-corrected chi connectivity index (χ3v) is 2.58. The highest BCUT2D eigenvalue weighted by molar-refractivity contribution is 6.04. The van der Waals surface area contributed by atoms with Crippen LogP contribution in [0.15, 0.2) is 66.7 Å². The Bertz CT molecular complexity index is 640. The van der Waals surface area contributed by atoms with Crippen molar-refractivity contribution < 1.29 is 9.53 Å². The molecular formula is C18H17NO2. The van der Waals surface area contributed by atoms with Crippen molar-refractivity contribution in [2.24, 2.45) is 0 Å². The lowest BCUT2D eigenvalue weighted by molar-refractivity contribution is 0.104. The lowest BCUT2D eigenvalue weighted by Gasteiger charge is -2.00. The summed E-state index contributed by atoms with van der Waals surface area (Å²) in [5.41, 5.74) is 1.37. The molecule has 0 saturated heterocycles. The molecule has 2 rings (SSSR count). The average Bonchev–Trinajstić information content (AvgIpc) is 2.56. The van der Waals surface area contributed by atoms with Gasteiger partial charge in [0, 0.05) is 5.56 Å². The summed E-state index contributed by atoms with van der Waals surface area (Å²) < 4.78 is 5.01. The van der Waals surface area contributed by atoms with E-state index in [0.29, 0.717) is 16.9 Å². The van der Waals surface area contributed by atoms with Crippen molar-refractivity contribution in [1.82, 2.24) is 0 Å². The minimum Gasteiger partial charge on any atom is -0.497 e. The number of ether oxygens (including phenoxy) is 1. The van der Waals surface area contributed by atoms with Crippen LogP contribution in [-0.2, 0) is 0 Å². The van der Waals surface area contributed by atoms with Gasteiger partial charge in [-0.2, -0.15) is 5.26 Å². The Morgan fingerprint density at radius 2 is 1.86 bits per heavy atom. The molecule has 106 valence electrons. The second kappa shape index (κ2) is 9.11. The standard InChI is InChI=1S/C11H12O2.C7H5N/c1-3-5-11(12)9-6-4-7-10(8-9)13-2;8-6-7-4-2-1-3-5-7/h3-8H,1-2H3;1-5H/b5-3+;. The number of carbonyl (C=O) groups is 1. The minimum absolute atomic E-state index is 0.00130. The van der Waals surface area contributed by atoms with Gasteiger partial charge in [-0.25, -0.2) is 0 Å². The molecule has 0 fully saturated rings. The van der Waals surface area contributed by atoms with E-state index in [1.165, 1.54) is 6.08 Å². The minimum atomic E-state index is 0.00130. The summed E-state index contributed by atoms with van der Waals surface area (Å²) in [6.45, 7) is 1.82. The molecule has 0 amide bonds. The molecule has 0 saturated carbocycles. The second-order valence-electron chi connectivity index (χ2n) is 4.07. The summed E-state index contributed by atoms with van der Waals surface area (Å²) >= 11 is 0. The third-order valence-electron chi connectivity index (χ3n) is 2.58. The van der Waals surface area contributed by atoms with Crippen LogP contribution in [0.5, 0.6) is 5.75 Å². The lowest BCUT2D eigenvalue weighted by Crippen LogP contribution is -1.94. The number of rotatable bonds is 3. The fraction of sp³-hybridized carbons (Fsp3) is 0.111. The highest BCUT2D eigenvalue weighted by Crippen LogP contribution is 2.13. The predicted octanol–water partition coefficient (Wildman–Crippen LogP) is 4.01. The first-order chi connectivity index (χ1) is 10.2. The van der Waals surface area contributed by atoms with Gasteiger partial charge in [-0.3, -0.25) is 4.79 Å². The van der Waals surface area contributed by atoms with Crippen LogP contribution in [-0.4, -0.2) is 12.9 Å². The van der Waals surface area contributed by atoms with E-state index in [0.717, 1.165) is 0 Å². The molecule has 0 aliphatic carbocycles. The van der Waals surface area contributed by atoms with E-state index in [1.807, 2.05) is 37.3 Å². The maximum absolute atomic E-state index is 11.4. The summed E-state index contributed by atoms with van der Waals surface area (Å²) in [4.78, 5) is 11.4. The molecule has 0 bridgehead atoms. The zero-order valence-corrected chi connectivity index (χ0v) is 12.1. The van der Waals surface area contributed by atoms with Gasteiger partial charge in [0.1, 0.15) is 5.75 Å². The first-order valence-electron chi connectivity index (χ1n) is 6.47. The Morgan fingerprint density at radius 3 is 2.38 bits per heavy atom. The van der Waals surface area contributed by atoms with Crippen LogP contribution in [0.1, 0.15) is 22.8 Å². The van der Waals surface area contributed by atoms with Crippen LogP contribution in [0, 0.1) is 11.3 Å². The summed E-state index contributed by atoms with van der Waals surface area (Å²) in [7, 11) is 1.58. The molecule has 21 heavy (non-hydrogen) atoms. The maximum atomic E-state index is 11.4. The van der Waals surface area contributed by atoms with E-state index in [2.05, 4.69) is 0 Å². The number of nitrogens with zero attached hydrogens (tertiary/aromatic N) is 1. The van der Waals surface area contributed by atoms with E-state index in [1.54, 1.807) is 43.5 Å². The first-order valence-corrected chi connectivity index (χ1v) is 6.47. The van der Waals surface area contributed by atoms with Crippen LogP contribution in [0.3, 0.4) is 0 Å². The Kier molecular flexibility index (Phi) is 7.02. The van der Waals surface area contributed by atoms with E-state index < -0.39 is 0 Å². The molecular weight excluding hydrogens is 262 g/mol. The quantitative estimate of drug-likeness (QED) is 0.630. The summed E-state index contributed by atoms with van der Waals surface area (Å²) in [6.07, 6.45) is 3.26. The fourth-order valence-corrected chi connectivity index (χ4v) is 1.54. The van der Waals surface area contributed by atoms with Crippen molar-refractivity contribution in [3.8, 4) is 11.8 Å². The second-order valence-corrected chi connectivity index (χ2v) is 4.07. The van der Waals surface area contributed by atoms with Gasteiger partial charge in [0.2, 0.25) is 0 Å². The summed E-state index contributed by atoms with van der Waals surface area (Å²) in [6, 6.07) is 18.3. The van der Waals surface area contributed by atoms with Crippen LogP contribution >= 0.6 is 0 Å². The monoisotopic (exact) mass is 279 g/mol. The van der Waals surface area contributed by atoms with Crippen molar-refractivity contribution in [3.63, 3.8) is 0 Å². The SMILES string of the molecule is C/C=C/C(=O)c1cccc(OC)c1.N#Cc1ccccc1. The molecule has 0 aliphatic heterocycles. The Morgan fingerprint density at radius 1 is 1.14 bits per heavy atom. The first kappa shape index (κ1) is 16.2. The Balaban J connectivity index is 0.000000235. The molecule has 0 spiro atoms. The topological polar surface area (TPSA) is 50.1 Å². The van der Waals surface area contributed by atoms with E-state index in [4.69, 9.17) is 10.00 Å². The van der Waals surface area contributed by atoms with E-state index in [-0.39, 0.29) is 5.78 Å². The van der Waals surface area contributed by atoms with E-state index in [9.17, 15) is 4.79 Å². The summed E-state index contributed by atoms with van der Waals surface area (Å²) in [5, 5.41) is 8.29. The molecule has 3 nitrogen and oxygen atoms in total. The number of nitriles is 1. The number of carbonyl (C=O) groups excluding carboxylic acids is 1. The highest BCUT2D eigenvalue weighted by Gasteiger charge is 2.01. The van der Waals surface area contributed by atoms with Gasteiger partial charge in [-0.15, -0.1) is 0 Å². The molecule has 0 atom stereocenters. The van der Waals surface area contributed by atoms with Gasteiger partial charge in [-0.05, 0) is 37.3 Å². The van der Waals surface area contributed by atoms with Crippen molar-refractivity contribution in [2.45, 2.75) is 6.92 Å². The summed E-state index contributed by atoms with van der Waals surface area (Å²) in [5.74, 6) is 0.705. The maximum Gasteiger partial charge on any atom is 0.185 e. The predicted molar refractivity (Wildman–Crippen MR) is 83.3 cm³/mol. The van der Waals surface area contributed by atoms with Crippen LogP contribution < -0.4 is 4.74 Å². The van der Waals surface area contributed by atoms with Crippen molar-refractivity contribution in [2.75, 3.05) is 7.11 Å². The van der Waals surface area contributed by atoms with Gasteiger partial charge in [0.25, 0.3) is 0 Å². The van der Waals surface area contributed by atoms with Crippen molar-refractivity contribution in [1.29, 1.82) is 5.26 Å². The molecule has 0 radical (unpaired) electrons. The zero-order valence-electron chi connectivity index (χ0n) is 12.1. The number of methoxy groups -OCH3 is 1. The number of ketones is 1. The van der Waals surface area contributed by atoms with Gasteiger partial charge in [0.15, 0.2) is 5.78 Å². The average molecular weight is 279 g/mol. The van der Waals surface area contributed by atoms with Crippen LogP contribution in [0.4, 0.5) is 0 Å². The van der Waals surface area contributed by atoms with Gasteiger partial charge < -0.3 is 4.74 Å². The Hall–Kier alpha value is -2.86. The molecule has 0 N–H and O–H groups in total. The molecule has 2 aromatic carbocycles. The molecule has 0 aliphatic rings. The normalized spacial score (nSPS) is 9.38. The van der Waals surface area contributed by atoms with Crippen molar-refractivity contribution >= 4 is 5.78 Å². The fourth-order valence-electron chi connectivity index (χ4n) is 1.54. The van der Waals surface area contributed by atoms with Crippen LogP contribution in [0.2, 0.25) is 0 Å². The molecule has 2 aromatic rings. The third kappa shape index (κ3) is 5.75. The van der Waals surface area contributed by atoms with Crippen molar-refractivity contribution in [3.05, 3.63) is 77.9 Å².